The number of hydrogen-bond acceptors (Lipinski definition) is 6. The van der Waals surface area contributed by atoms with Crippen LogP contribution in [0.25, 0.3) is 0 Å². The molecule has 1 aromatic heterocycles. The fourth-order valence-corrected chi connectivity index (χ4v) is 4.44. The highest BCUT2D eigenvalue weighted by atomic mass is 35.5. The third kappa shape index (κ3) is 4.18. The van der Waals surface area contributed by atoms with Crippen molar-refractivity contribution in [2.75, 3.05) is 17.3 Å². The number of amides is 1. The van der Waals surface area contributed by atoms with E-state index in [4.69, 9.17) is 16.3 Å². The van der Waals surface area contributed by atoms with Crippen LogP contribution in [-0.4, -0.2) is 32.6 Å². The lowest BCUT2D eigenvalue weighted by Gasteiger charge is -2.32. The normalized spacial score (nSPS) is 17.9. The number of ether oxygens (including phenoxy) is 1. The second kappa shape index (κ2) is 8.34. The van der Waals surface area contributed by atoms with Crippen molar-refractivity contribution in [3.63, 3.8) is 0 Å². The van der Waals surface area contributed by atoms with Crippen molar-refractivity contribution in [3.8, 4) is 5.75 Å². The minimum Gasteiger partial charge on any atom is -0.494 e. The van der Waals surface area contributed by atoms with Gasteiger partial charge in [-0.3, -0.25) is 4.79 Å². The Balaban J connectivity index is 1.64. The summed E-state index contributed by atoms with van der Waals surface area (Å²) < 4.78 is 7.35. The van der Waals surface area contributed by atoms with Gasteiger partial charge in [-0.1, -0.05) is 41.6 Å². The third-order valence-electron chi connectivity index (χ3n) is 4.50. The summed E-state index contributed by atoms with van der Waals surface area (Å²) in [7, 11) is 0. The highest BCUT2D eigenvalue weighted by Gasteiger charge is 2.37. The van der Waals surface area contributed by atoms with Crippen LogP contribution in [0.1, 0.15) is 24.4 Å². The molecule has 0 radical (unpaired) electrons. The Hall–Kier alpha value is -2.71. The van der Waals surface area contributed by atoms with Crippen molar-refractivity contribution in [1.82, 2.24) is 14.9 Å². The van der Waals surface area contributed by atoms with Crippen LogP contribution in [0.5, 0.6) is 5.75 Å². The van der Waals surface area contributed by atoms with Gasteiger partial charge in [0.1, 0.15) is 16.8 Å². The van der Waals surface area contributed by atoms with Gasteiger partial charge in [0.2, 0.25) is 11.1 Å². The Morgan fingerprint density at radius 3 is 2.79 bits per heavy atom. The van der Waals surface area contributed by atoms with Crippen LogP contribution in [0, 0.1) is 6.92 Å². The van der Waals surface area contributed by atoms with E-state index in [1.165, 1.54) is 11.8 Å². The number of carbonyl (C=O) groups excluding carboxylic acids is 1. The first-order valence-electron chi connectivity index (χ1n) is 9.19. The number of benzene rings is 2. The molecule has 7 nitrogen and oxygen atoms in total. The lowest BCUT2D eigenvalue weighted by Crippen LogP contribution is -2.41. The van der Waals surface area contributed by atoms with Crippen LogP contribution >= 0.6 is 23.4 Å². The van der Waals surface area contributed by atoms with Gasteiger partial charge in [-0.15, -0.1) is 10.2 Å². The Bertz CT molecular complexity index is 1020. The molecule has 0 aliphatic carbocycles. The van der Waals surface area contributed by atoms with Crippen LogP contribution in [0.4, 0.5) is 5.69 Å². The van der Waals surface area contributed by atoms with Gasteiger partial charge in [-0.05, 0) is 49.7 Å². The molecular weight excluding hydrogens is 410 g/mol. The molecule has 29 heavy (non-hydrogen) atoms. The van der Waals surface area contributed by atoms with Crippen LogP contribution in [-0.2, 0) is 4.79 Å². The molecule has 1 amide bonds. The summed E-state index contributed by atoms with van der Waals surface area (Å²) in [5, 5.41) is 12.0. The molecule has 1 aliphatic heterocycles. The molecule has 0 saturated carbocycles. The molecule has 9 heteroatoms. The number of aryl methyl sites for hydroxylation is 1. The molecule has 0 spiro atoms. The number of carbonyl (C=O) groups is 1. The Morgan fingerprint density at radius 1 is 1.28 bits per heavy atom. The van der Waals surface area contributed by atoms with Crippen molar-refractivity contribution in [3.05, 3.63) is 64.9 Å². The molecule has 1 aliphatic rings. The smallest absolute Gasteiger partial charge is 0.240 e. The third-order valence-corrected chi connectivity index (χ3v) is 5.95. The molecule has 2 heterocycles. The van der Waals surface area contributed by atoms with Crippen LogP contribution in [0.2, 0.25) is 5.02 Å². The van der Waals surface area contributed by atoms with Gasteiger partial charge >= 0.3 is 0 Å². The molecule has 0 fully saturated rings. The first-order valence-corrected chi connectivity index (χ1v) is 10.5. The molecular formula is C20H20ClN5O2S. The summed E-state index contributed by atoms with van der Waals surface area (Å²) in [4.78, 5) is 13.2. The van der Waals surface area contributed by atoms with Gasteiger partial charge in [0.25, 0.3) is 0 Å². The van der Waals surface area contributed by atoms with Gasteiger partial charge in [0.15, 0.2) is 0 Å². The Kier molecular flexibility index (Phi) is 5.64. The average molecular weight is 430 g/mol. The molecule has 150 valence electrons. The largest absolute Gasteiger partial charge is 0.494 e. The summed E-state index contributed by atoms with van der Waals surface area (Å²) in [6.07, 6.45) is 0. The van der Waals surface area contributed by atoms with Crippen molar-refractivity contribution >= 4 is 35.0 Å². The van der Waals surface area contributed by atoms with E-state index in [-0.39, 0.29) is 11.9 Å². The van der Waals surface area contributed by atoms with E-state index < -0.39 is 5.25 Å². The predicted molar refractivity (Wildman–Crippen MR) is 114 cm³/mol. The number of hydrogen-bond donors (Lipinski definition) is 2. The summed E-state index contributed by atoms with van der Waals surface area (Å²) >= 11 is 7.42. The van der Waals surface area contributed by atoms with Gasteiger partial charge in [-0.2, -0.15) is 0 Å². The van der Waals surface area contributed by atoms with Crippen LogP contribution in [0.15, 0.2) is 53.7 Å². The van der Waals surface area contributed by atoms with E-state index in [1.54, 1.807) is 18.2 Å². The predicted octanol–water partition coefficient (Wildman–Crippen LogP) is 4.04. The number of nitrogens with zero attached hydrogens (tertiary/aromatic N) is 3. The maximum atomic E-state index is 13.2. The van der Waals surface area contributed by atoms with Gasteiger partial charge in [0.05, 0.1) is 12.6 Å². The minimum atomic E-state index is -0.456. The SMILES string of the molecule is CCOc1ccc([C@H]2Nn3c(C)nnc3S[C@H]2C(=O)Nc2cccc(Cl)c2)cc1. The molecule has 3 aromatic rings. The summed E-state index contributed by atoms with van der Waals surface area (Å²) in [6.45, 7) is 4.41. The van der Waals surface area contributed by atoms with Gasteiger partial charge < -0.3 is 15.5 Å². The molecule has 2 aromatic carbocycles. The molecule has 2 atom stereocenters. The standard InChI is InChI=1S/C20H20ClN5O2S/c1-3-28-16-9-7-13(8-10-16)17-18(29-20-24-23-12(2)26(20)25-17)19(27)22-15-6-4-5-14(21)11-15/h4-11,17-18,25H,3H2,1-2H3,(H,22,27)/t17-,18-/m1/s1. The maximum absolute atomic E-state index is 13.2. The summed E-state index contributed by atoms with van der Waals surface area (Å²) in [5.41, 5.74) is 5.00. The van der Waals surface area contributed by atoms with Crippen molar-refractivity contribution in [1.29, 1.82) is 0 Å². The lowest BCUT2D eigenvalue weighted by molar-refractivity contribution is -0.116. The molecule has 0 bridgehead atoms. The average Bonchev–Trinajstić information content (AvgIpc) is 3.08. The summed E-state index contributed by atoms with van der Waals surface area (Å²) in [6, 6.07) is 14.6. The first kappa shape index (κ1) is 19.6. The zero-order valence-electron chi connectivity index (χ0n) is 15.9. The zero-order chi connectivity index (χ0) is 20.4. The molecule has 0 unspecified atom stereocenters. The van der Waals surface area contributed by atoms with E-state index in [2.05, 4.69) is 20.9 Å². The quantitative estimate of drug-likeness (QED) is 0.637. The van der Waals surface area contributed by atoms with E-state index in [0.29, 0.717) is 22.5 Å². The number of fused-ring (bicyclic) bond motifs is 1. The van der Waals surface area contributed by atoms with E-state index in [0.717, 1.165) is 17.1 Å². The van der Waals surface area contributed by atoms with E-state index >= 15 is 0 Å². The topological polar surface area (TPSA) is 81.1 Å². The zero-order valence-corrected chi connectivity index (χ0v) is 17.5. The Labute approximate surface area is 177 Å². The van der Waals surface area contributed by atoms with Crippen molar-refractivity contribution < 1.29 is 9.53 Å². The minimum absolute atomic E-state index is 0.143. The number of anilines is 1. The number of aromatic nitrogens is 3. The van der Waals surface area contributed by atoms with Crippen LogP contribution in [0.3, 0.4) is 0 Å². The lowest BCUT2D eigenvalue weighted by atomic mass is 10.0. The monoisotopic (exact) mass is 429 g/mol. The second-order valence-corrected chi connectivity index (χ2v) is 8.06. The number of rotatable bonds is 5. The second-order valence-electron chi connectivity index (χ2n) is 6.51. The van der Waals surface area contributed by atoms with E-state index in [1.807, 2.05) is 48.9 Å². The van der Waals surface area contributed by atoms with Crippen molar-refractivity contribution in [2.45, 2.75) is 30.3 Å². The number of halogens is 1. The summed E-state index contributed by atoms with van der Waals surface area (Å²) in [5.74, 6) is 1.38. The molecule has 2 N–H and O–H groups in total. The van der Waals surface area contributed by atoms with Crippen LogP contribution < -0.4 is 15.5 Å². The number of nitrogens with one attached hydrogen (secondary N) is 2. The van der Waals surface area contributed by atoms with Gasteiger partial charge in [-0.25, -0.2) is 4.68 Å². The van der Waals surface area contributed by atoms with Crippen molar-refractivity contribution in [2.24, 2.45) is 0 Å². The van der Waals surface area contributed by atoms with Gasteiger partial charge in [0, 0.05) is 10.7 Å². The fraction of sp³-hybridized carbons (Fsp3) is 0.250. The highest BCUT2D eigenvalue weighted by molar-refractivity contribution is 8.00. The number of thioether (sulfide) groups is 1. The first-order chi connectivity index (χ1) is 14.0. The molecule has 0 saturated heterocycles. The van der Waals surface area contributed by atoms with E-state index in [9.17, 15) is 4.79 Å². The molecule has 4 rings (SSSR count). The Morgan fingerprint density at radius 2 is 2.07 bits per heavy atom. The maximum Gasteiger partial charge on any atom is 0.240 e. The fourth-order valence-electron chi connectivity index (χ4n) is 3.13. The highest BCUT2D eigenvalue weighted by Crippen LogP contribution is 2.38.